The third kappa shape index (κ3) is 5.92. The van der Waals surface area contributed by atoms with Gasteiger partial charge in [0.05, 0.1) is 0 Å². The van der Waals surface area contributed by atoms with E-state index in [2.05, 4.69) is 46.5 Å². The molecule has 0 unspecified atom stereocenters. The summed E-state index contributed by atoms with van der Waals surface area (Å²) in [6, 6.07) is 8.34. The van der Waals surface area contributed by atoms with Gasteiger partial charge in [-0.05, 0) is 30.9 Å². The fourth-order valence-corrected chi connectivity index (χ4v) is 1.59. The zero-order chi connectivity index (χ0) is 13.2. The van der Waals surface area contributed by atoms with Crippen molar-refractivity contribution >= 4 is 5.91 Å². The monoisotopic (exact) mass is 246 g/mol. The summed E-state index contributed by atoms with van der Waals surface area (Å²) in [6.07, 6.45) is 2.24. The van der Waals surface area contributed by atoms with Crippen molar-refractivity contribution in [3.63, 3.8) is 0 Å². The predicted molar refractivity (Wildman–Crippen MR) is 71.1 cm³/mol. The minimum absolute atomic E-state index is 0.00949. The summed E-state index contributed by atoms with van der Waals surface area (Å²) in [5.74, 6) is 0.00949. The number of nitrogens with zero attached hydrogens (tertiary/aromatic N) is 3. The Hall–Kier alpha value is -2.00. The number of azide groups is 1. The zero-order valence-corrected chi connectivity index (χ0v) is 10.6. The normalized spacial score (nSPS) is 9.61. The minimum atomic E-state index is 0.00949. The molecule has 0 spiro atoms. The van der Waals surface area contributed by atoms with Gasteiger partial charge in [0, 0.05) is 24.4 Å². The molecular weight excluding hydrogens is 228 g/mol. The van der Waals surface area contributed by atoms with Crippen LogP contribution >= 0.6 is 0 Å². The molecule has 18 heavy (non-hydrogen) atoms. The van der Waals surface area contributed by atoms with Crippen molar-refractivity contribution in [2.24, 2.45) is 5.11 Å². The highest BCUT2D eigenvalue weighted by molar-refractivity contribution is 5.75. The van der Waals surface area contributed by atoms with Gasteiger partial charge in [-0.2, -0.15) is 0 Å². The quantitative estimate of drug-likeness (QED) is 0.341. The van der Waals surface area contributed by atoms with Crippen LogP contribution < -0.4 is 5.32 Å². The summed E-state index contributed by atoms with van der Waals surface area (Å²) in [6.45, 7) is 2.77. The third-order valence-electron chi connectivity index (χ3n) is 2.59. The number of carbonyl (C=O) groups is 1. The maximum absolute atomic E-state index is 11.4. The molecule has 0 heterocycles. The van der Waals surface area contributed by atoms with E-state index in [1.165, 1.54) is 11.1 Å². The lowest BCUT2D eigenvalue weighted by Crippen LogP contribution is -2.25. The van der Waals surface area contributed by atoms with Crippen LogP contribution in [-0.2, 0) is 11.2 Å². The first-order valence-corrected chi connectivity index (χ1v) is 6.05. The lowest BCUT2D eigenvalue weighted by molar-refractivity contribution is -0.121. The second-order valence-corrected chi connectivity index (χ2v) is 4.14. The predicted octanol–water partition coefficient (Wildman–Crippen LogP) is 2.74. The Morgan fingerprint density at radius 1 is 1.39 bits per heavy atom. The molecule has 0 aromatic heterocycles. The van der Waals surface area contributed by atoms with Crippen LogP contribution in [0, 0.1) is 6.92 Å². The van der Waals surface area contributed by atoms with Gasteiger partial charge < -0.3 is 5.32 Å². The molecule has 0 saturated carbocycles. The van der Waals surface area contributed by atoms with Crippen LogP contribution in [0.2, 0.25) is 0 Å². The number of aryl methyl sites for hydroxylation is 2. The summed E-state index contributed by atoms with van der Waals surface area (Å²) >= 11 is 0. The summed E-state index contributed by atoms with van der Waals surface area (Å²) in [5, 5.41) is 6.05. The van der Waals surface area contributed by atoms with Gasteiger partial charge in [0.25, 0.3) is 0 Å². The van der Waals surface area contributed by atoms with Crippen molar-refractivity contribution in [1.29, 1.82) is 0 Å². The van der Waals surface area contributed by atoms with E-state index in [-0.39, 0.29) is 5.91 Å². The zero-order valence-electron chi connectivity index (χ0n) is 10.6. The van der Waals surface area contributed by atoms with Crippen LogP contribution in [0.4, 0.5) is 0 Å². The molecule has 0 aliphatic carbocycles. The summed E-state index contributed by atoms with van der Waals surface area (Å²) in [4.78, 5) is 14.0. The lowest BCUT2D eigenvalue weighted by Gasteiger charge is -2.04. The number of nitrogens with one attached hydrogen (secondary N) is 1. The molecule has 0 aliphatic rings. The molecule has 0 radical (unpaired) electrons. The molecule has 0 atom stereocenters. The van der Waals surface area contributed by atoms with Crippen LogP contribution in [0.15, 0.2) is 29.4 Å². The molecule has 1 amide bonds. The van der Waals surface area contributed by atoms with Crippen LogP contribution in [0.1, 0.15) is 24.0 Å². The number of carbonyl (C=O) groups excluding carboxylic acids is 1. The van der Waals surface area contributed by atoms with E-state index >= 15 is 0 Å². The topological polar surface area (TPSA) is 77.9 Å². The SMILES string of the molecule is Cc1ccc(CCCC(=O)NCCN=[N+]=[N-])cc1. The van der Waals surface area contributed by atoms with E-state index in [4.69, 9.17) is 5.53 Å². The Morgan fingerprint density at radius 3 is 2.78 bits per heavy atom. The maximum Gasteiger partial charge on any atom is 0.220 e. The smallest absolute Gasteiger partial charge is 0.220 e. The van der Waals surface area contributed by atoms with E-state index in [0.29, 0.717) is 19.5 Å². The molecule has 0 fully saturated rings. The van der Waals surface area contributed by atoms with Gasteiger partial charge in [0.2, 0.25) is 5.91 Å². The molecule has 5 heteroatoms. The van der Waals surface area contributed by atoms with Gasteiger partial charge in [-0.3, -0.25) is 4.79 Å². The molecule has 1 N–H and O–H groups in total. The van der Waals surface area contributed by atoms with E-state index < -0.39 is 0 Å². The molecule has 0 bridgehead atoms. The van der Waals surface area contributed by atoms with Gasteiger partial charge in [0.15, 0.2) is 0 Å². The van der Waals surface area contributed by atoms with Gasteiger partial charge in [0.1, 0.15) is 0 Å². The lowest BCUT2D eigenvalue weighted by atomic mass is 10.1. The highest BCUT2D eigenvalue weighted by Crippen LogP contribution is 2.06. The average Bonchev–Trinajstić information content (AvgIpc) is 2.37. The Kier molecular flexibility index (Phi) is 6.36. The van der Waals surface area contributed by atoms with Gasteiger partial charge in [-0.1, -0.05) is 34.9 Å². The summed E-state index contributed by atoms with van der Waals surface area (Å²) in [5.41, 5.74) is 10.6. The van der Waals surface area contributed by atoms with Crippen molar-refractivity contribution in [2.75, 3.05) is 13.1 Å². The second-order valence-electron chi connectivity index (χ2n) is 4.14. The molecular formula is C13H18N4O. The number of hydrogen-bond acceptors (Lipinski definition) is 2. The van der Waals surface area contributed by atoms with Crippen LogP contribution in [0.25, 0.3) is 10.4 Å². The number of rotatable bonds is 7. The van der Waals surface area contributed by atoms with Crippen LogP contribution in [0.5, 0.6) is 0 Å². The van der Waals surface area contributed by atoms with Gasteiger partial charge in [-0.25, -0.2) is 0 Å². The first-order valence-electron chi connectivity index (χ1n) is 6.05. The van der Waals surface area contributed by atoms with Crippen molar-refractivity contribution in [3.05, 3.63) is 45.8 Å². The fourth-order valence-electron chi connectivity index (χ4n) is 1.59. The molecule has 0 aliphatic heterocycles. The van der Waals surface area contributed by atoms with Crippen LogP contribution in [-0.4, -0.2) is 19.0 Å². The standard InChI is InChI=1S/C13H18N4O/c1-11-5-7-12(8-6-11)3-2-4-13(18)15-9-10-16-17-14/h5-8H,2-4,9-10H2,1H3,(H,15,18). The number of hydrogen-bond donors (Lipinski definition) is 1. The first kappa shape index (κ1) is 14.1. The van der Waals surface area contributed by atoms with Crippen molar-refractivity contribution in [3.8, 4) is 0 Å². The third-order valence-corrected chi connectivity index (χ3v) is 2.59. The van der Waals surface area contributed by atoms with Crippen LogP contribution in [0.3, 0.4) is 0 Å². The highest BCUT2D eigenvalue weighted by atomic mass is 16.1. The number of amides is 1. The van der Waals surface area contributed by atoms with Gasteiger partial charge >= 0.3 is 0 Å². The Labute approximate surface area is 107 Å². The van der Waals surface area contributed by atoms with Crippen molar-refractivity contribution < 1.29 is 4.79 Å². The van der Waals surface area contributed by atoms with Crippen molar-refractivity contribution in [2.45, 2.75) is 26.2 Å². The molecule has 1 rings (SSSR count). The maximum atomic E-state index is 11.4. The van der Waals surface area contributed by atoms with E-state index in [1.807, 2.05) is 0 Å². The Morgan fingerprint density at radius 2 is 2.11 bits per heavy atom. The average molecular weight is 246 g/mol. The summed E-state index contributed by atoms with van der Waals surface area (Å²) in [7, 11) is 0. The van der Waals surface area contributed by atoms with Gasteiger partial charge in [-0.15, -0.1) is 0 Å². The molecule has 1 aromatic rings. The molecule has 5 nitrogen and oxygen atoms in total. The second kappa shape index (κ2) is 8.14. The van der Waals surface area contributed by atoms with E-state index in [0.717, 1.165) is 12.8 Å². The first-order chi connectivity index (χ1) is 8.72. The van der Waals surface area contributed by atoms with Crippen molar-refractivity contribution in [1.82, 2.24) is 5.32 Å². The molecule has 0 saturated heterocycles. The summed E-state index contributed by atoms with van der Waals surface area (Å²) < 4.78 is 0. The highest BCUT2D eigenvalue weighted by Gasteiger charge is 2.00. The van der Waals surface area contributed by atoms with E-state index in [9.17, 15) is 4.79 Å². The Balaban J connectivity index is 2.15. The molecule has 96 valence electrons. The largest absolute Gasteiger partial charge is 0.356 e. The van der Waals surface area contributed by atoms with E-state index in [1.54, 1.807) is 0 Å². The fraction of sp³-hybridized carbons (Fsp3) is 0.462. The number of benzene rings is 1. The minimum Gasteiger partial charge on any atom is -0.356 e. The molecule has 1 aromatic carbocycles. The Bertz CT molecular complexity index is 421.